The van der Waals surface area contributed by atoms with Crippen molar-refractivity contribution >= 4 is 13.6 Å². The maximum atomic E-state index is 13.0. The van der Waals surface area contributed by atoms with Gasteiger partial charge in [-0.2, -0.15) is 0 Å². The Morgan fingerprint density at radius 1 is 1.50 bits per heavy atom. The summed E-state index contributed by atoms with van der Waals surface area (Å²) in [7, 11) is -3.28. The molecule has 1 saturated heterocycles. The minimum atomic E-state index is -3.28. The van der Waals surface area contributed by atoms with Gasteiger partial charge in [0.15, 0.2) is 6.17 Å². The monoisotopic (exact) mass is 224 g/mol. The quantitative estimate of drug-likeness (QED) is 0.588. The fourth-order valence-corrected chi connectivity index (χ4v) is 1.69. The maximum absolute atomic E-state index is 13.0. The molecule has 4 atom stereocenters. The van der Waals surface area contributed by atoms with Gasteiger partial charge in [-0.15, -0.1) is 0 Å². The molecule has 0 saturated carbocycles. The zero-order chi connectivity index (χ0) is 10.9. The van der Waals surface area contributed by atoms with E-state index in [1.807, 2.05) is 0 Å². The predicted molar refractivity (Wildman–Crippen MR) is 52.9 cm³/mol. The Balaban J connectivity index is 2.64. The topological polar surface area (TPSA) is 69.9 Å². The van der Waals surface area contributed by atoms with E-state index in [2.05, 4.69) is 6.30 Å². The second-order valence-corrected chi connectivity index (χ2v) is 5.24. The van der Waals surface area contributed by atoms with Gasteiger partial charge in [-0.05, 0) is 25.1 Å². The van der Waals surface area contributed by atoms with Crippen LogP contribution in [0.5, 0.6) is 0 Å². The molecule has 0 aromatic carbocycles. The third-order valence-electron chi connectivity index (χ3n) is 2.00. The highest BCUT2D eigenvalue weighted by Crippen LogP contribution is 2.36. The maximum Gasteiger partial charge on any atom is 0.154 e. The van der Waals surface area contributed by atoms with Gasteiger partial charge in [0, 0.05) is 0 Å². The number of aliphatic hydroxyl groups is 1. The molecule has 1 heterocycles. The van der Waals surface area contributed by atoms with Crippen molar-refractivity contribution in [1.29, 1.82) is 0 Å². The normalized spacial score (nSPS) is 39.5. The van der Waals surface area contributed by atoms with Crippen LogP contribution in [0.1, 0.15) is 6.92 Å². The summed E-state index contributed by atoms with van der Waals surface area (Å²) in [5, 5.41) is 9.30. The number of hydrogen-bond acceptors (Lipinski definition) is 4. The highest BCUT2D eigenvalue weighted by Gasteiger charge is 2.40. The lowest BCUT2D eigenvalue weighted by Gasteiger charge is -2.10. The summed E-state index contributed by atoms with van der Waals surface area (Å²) in [4.78, 5) is 17.9. The lowest BCUT2D eigenvalue weighted by molar-refractivity contribution is 0.0468. The van der Waals surface area contributed by atoms with Crippen molar-refractivity contribution in [2.45, 2.75) is 31.4 Å². The Morgan fingerprint density at radius 3 is 2.43 bits per heavy atom. The molecule has 0 radical (unpaired) electrons. The van der Waals surface area contributed by atoms with E-state index in [1.54, 1.807) is 0 Å². The molecule has 0 bridgehead atoms. The third-order valence-corrected chi connectivity index (χ3v) is 2.65. The number of hydrogen-bond donors (Lipinski definition) is 3. The highest BCUT2D eigenvalue weighted by atomic mass is 31.2. The first kappa shape index (κ1) is 11.9. The SMILES string of the molecule is C=P(O)(O)/C=C/[C@H]1O[C@@H](C)C(F)[C@H]1O. The average Bonchev–Trinajstić information content (AvgIpc) is 2.28. The molecule has 82 valence electrons. The molecule has 1 unspecified atom stereocenters. The molecule has 1 rings (SSSR count). The lowest BCUT2D eigenvalue weighted by atomic mass is 10.1. The molecule has 0 amide bonds. The van der Waals surface area contributed by atoms with Crippen molar-refractivity contribution in [2.24, 2.45) is 0 Å². The van der Waals surface area contributed by atoms with Gasteiger partial charge >= 0.3 is 0 Å². The molecule has 0 aliphatic carbocycles. The van der Waals surface area contributed by atoms with Crippen LogP contribution >= 0.6 is 7.34 Å². The van der Waals surface area contributed by atoms with Crippen LogP contribution < -0.4 is 0 Å². The Kier molecular flexibility index (Phi) is 3.50. The van der Waals surface area contributed by atoms with E-state index in [0.29, 0.717) is 0 Å². The first-order valence-electron chi connectivity index (χ1n) is 4.17. The number of alkyl halides is 1. The van der Waals surface area contributed by atoms with Crippen LogP contribution in [0.2, 0.25) is 0 Å². The zero-order valence-corrected chi connectivity index (χ0v) is 8.64. The molecular formula is C8H14FO4P. The predicted octanol–water partition coefficient (Wildman–Crippen LogP) is 0.251. The van der Waals surface area contributed by atoms with E-state index in [4.69, 9.17) is 14.5 Å². The van der Waals surface area contributed by atoms with Crippen LogP contribution in [0.15, 0.2) is 11.9 Å². The lowest BCUT2D eigenvalue weighted by Crippen LogP contribution is -2.27. The summed E-state index contributed by atoms with van der Waals surface area (Å²) < 4.78 is 18.1. The summed E-state index contributed by atoms with van der Waals surface area (Å²) in [6.07, 6.45) is 0.117. The molecule has 1 aliphatic rings. The number of ether oxygens (including phenoxy) is 1. The standard InChI is InChI=1S/C8H14FO4P/c1-5-7(9)8(10)6(13-5)3-4-14(2,11)12/h3-8,10-12H,2H2,1H3/b4-3+/t5-,6+,7?,8-/m0/s1. The van der Waals surface area contributed by atoms with E-state index in [1.165, 1.54) is 13.0 Å². The fourth-order valence-electron chi connectivity index (χ4n) is 1.24. The van der Waals surface area contributed by atoms with Crippen LogP contribution in [0.4, 0.5) is 4.39 Å². The van der Waals surface area contributed by atoms with Crippen LogP contribution in [0.25, 0.3) is 0 Å². The molecule has 0 aromatic heterocycles. The second-order valence-electron chi connectivity index (χ2n) is 3.37. The van der Waals surface area contributed by atoms with Crippen LogP contribution in [-0.2, 0) is 4.74 Å². The van der Waals surface area contributed by atoms with Crippen LogP contribution in [0, 0.1) is 0 Å². The molecule has 0 aromatic rings. The highest BCUT2D eigenvalue weighted by molar-refractivity contribution is 7.65. The fraction of sp³-hybridized carbons (Fsp3) is 0.625. The van der Waals surface area contributed by atoms with Gasteiger partial charge in [0.1, 0.15) is 19.5 Å². The second kappa shape index (κ2) is 4.13. The van der Waals surface area contributed by atoms with Crippen molar-refractivity contribution in [3.8, 4) is 0 Å². The van der Waals surface area contributed by atoms with Gasteiger partial charge < -0.3 is 19.6 Å². The van der Waals surface area contributed by atoms with Crippen molar-refractivity contribution in [3.63, 3.8) is 0 Å². The van der Waals surface area contributed by atoms with E-state index in [0.717, 1.165) is 5.82 Å². The Bertz CT molecular complexity index is 275. The van der Waals surface area contributed by atoms with Gasteiger partial charge in [-0.25, -0.2) is 4.39 Å². The molecule has 4 nitrogen and oxygen atoms in total. The van der Waals surface area contributed by atoms with Crippen molar-refractivity contribution in [1.82, 2.24) is 0 Å². The van der Waals surface area contributed by atoms with Gasteiger partial charge in [0.25, 0.3) is 0 Å². The molecule has 1 aliphatic heterocycles. The summed E-state index contributed by atoms with van der Waals surface area (Å²) in [6.45, 7) is 1.51. The van der Waals surface area contributed by atoms with Crippen LogP contribution in [-0.4, -0.2) is 45.7 Å². The zero-order valence-electron chi connectivity index (χ0n) is 7.75. The van der Waals surface area contributed by atoms with E-state index in [9.17, 15) is 9.50 Å². The molecular weight excluding hydrogens is 210 g/mol. The molecule has 1 fully saturated rings. The molecule has 14 heavy (non-hydrogen) atoms. The first-order chi connectivity index (χ1) is 6.31. The van der Waals surface area contributed by atoms with Crippen molar-refractivity contribution in [3.05, 3.63) is 11.9 Å². The van der Waals surface area contributed by atoms with Gasteiger partial charge in [-0.1, -0.05) is 0 Å². The largest absolute Gasteiger partial charge is 0.387 e. The summed E-state index contributed by atoms with van der Waals surface area (Å²) in [5.74, 6) is 1.05. The molecule has 3 N–H and O–H groups in total. The van der Waals surface area contributed by atoms with Gasteiger partial charge in [-0.3, -0.25) is 0 Å². The van der Waals surface area contributed by atoms with Gasteiger partial charge in [0.05, 0.1) is 6.10 Å². The summed E-state index contributed by atoms with van der Waals surface area (Å²) in [5.41, 5.74) is 0. The van der Waals surface area contributed by atoms with Gasteiger partial charge in [0.2, 0.25) is 0 Å². The smallest absolute Gasteiger partial charge is 0.154 e. The first-order valence-corrected chi connectivity index (χ1v) is 6.12. The molecule has 0 spiro atoms. The Morgan fingerprint density at radius 2 is 2.07 bits per heavy atom. The van der Waals surface area contributed by atoms with E-state index in [-0.39, 0.29) is 0 Å². The van der Waals surface area contributed by atoms with Crippen molar-refractivity contribution in [2.75, 3.05) is 0 Å². The van der Waals surface area contributed by atoms with E-state index < -0.39 is 31.8 Å². The minimum absolute atomic E-state index is 0.686. The summed E-state index contributed by atoms with van der Waals surface area (Å²) >= 11 is 0. The van der Waals surface area contributed by atoms with Crippen LogP contribution in [0.3, 0.4) is 0 Å². The number of halogens is 1. The third kappa shape index (κ3) is 2.90. The minimum Gasteiger partial charge on any atom is -0.387 e. The Labute approximate surface area is 81.8 Å². The Hall–Kier alpha value is -0.190. The summed E-state index contributed by atoms with van der Waals surface area (Å²) in [6, 6.07) is 0. The number of aliphatic hydroxyl groups excluding tert-OH is 1. The number of rotatable bonds is 2. The van der Waals surface area contributed by atoms with E-state index >= 15 is 0 Å². The average molecular weight is 224 g/mol. The molecule has 6 heteroatoms. The van der Waals surface area contributed by atoms with Crippen molar-refractivity contribution < 1.29 is 24.0 Å².